The van der Waals surface area contributed by atoms with Crippen LogP contribution in [0.1, 0.15) is 37.2 Å². The van der Waals surface area contributed by atoms with Crippen LogP contribution in [0.15, 0.2) is 30.7 Å². The standard InChI is InChI=1S/C15H19FN4O/c1-9(2)20-8-18-7-13(20)14(15(17)21)19-12-5-10(3)4-11(16)6-12/h4-9,14,19H,1-3H3,(H2,17,21). The summed E-state index contributed by atoms with van der Waals surface area (Å²) in [7, 11) is 0. The summed E-state index contributed by atoms with van der Waals surface area (Å²) in [5, 5.41) is 2.98. The molecule has 0 spiro atoms. The number of aryl methyl sites for hydroxylation is 1. The molecule has 1 amide bonds. The van der Waals surface area contributed by atoms with Crippen LogP contribution in [0.25, 0.3) is 0 Å². The third kappa shape index (κ3) is 3.39. The van der Waals surface area contributed by atoms with Crippen LogP contribution in [0.2, 0.25) is 0 Å². The zero-order valence-corrected chi connectivity index (χ0v) is 12.3. The number of rotatable bonds is 5. The number of carbonyl (C=O) groups is 1. The van der Waals surface area contributed by atoms with E-state index in [2.05, 4.69) is 10.3 Å². The molecule has 1 aromatic heterocycles. The van der Waals surface area contributed by atoms with Gasteiger partial charge in [-0.25, -0.2) is 9.37 Å². The van der Waals surface area contributed by atoms with Gasteiger partial charge in [-0.05, 0) is 44.5 Å². The Balaban J connectivity index is 2.36. The fraction of sp³-hybridized carbons (Fsp3) is 0.333. The highest BCUT2D eigenvalue weighted by Gasteiger charge is 2.22. The molecule has 1 aromatic carbocycles. The Bertz CT molecular complexity index is 631. The molecule has 1 atom stereocenters. The number of carbonyl (C=O) groups excluding carboxylic acids is 1. The average Bonchev–Trinajstić information content (AvgIpc) is 2.83. The number of imidazole rings is 1. The van der Waals surface area contributed by atoms with Crippen LogP contribution in [0, 0.1) is 12.7 Å². The summed E-state index contributed by atoms with van der Waals surface area (Å²) in [6.07, 6.45) is 3.24. The predicted molar refractivity (Wildman–Crippen MR) is 79.3 cm³/mol. The lowest BCUT2D eigenvalue weighted by atomic mass is 10.1. The smallest absolute Gasteiger partial charge is 0.246 e. The second-order valence-electron chi connectivity index (χ2n) is 5.32. The van der Waals surface area contributed by atoms with Gasteiger partial charge in [-0.2, -0.15) is 0 Å². The van der Waals surface area contributed by atoms with E-state index in [1.807, 2.05) is 18.4 Å². The monoisotopic (exact) mass is 290 g/mol. The van der Waals surface area contributed by atoms with Gasteiger partial charge in [0.1, 0.15) is 11.9 Å². The number of primary amides is 1. The highest BCUT2D eigenvalue weighted by atomic mass is 19.1. The summed E-state index contributed by atoms with van der Waals surface area (Å²) in [4.78, 5) is 15.8. The van der Waals surface area contributed by atoms with Gasteiger partial charge in [-0.3, -0.25) is 4.79 Å². The fourth-order valence-electron chi connectivity index (χ4n) is 2.25. The summed E-state index contributed by atoms with van der Waals surface area (Å²) >= 11 is 0. The van der Waals surface area contributed by atoms with E-state index in [-0.39, 0.29) is 11.9 Å². The zero-order valence-electron chi connectivity index (χ0n) is 12.3. The zero-order chi connectivity index (χ0) is 15.6. The van der Waals surface area contributed by atoms with Gasteiger partial charge in [-0.15, -0.1) is 0 Å². The van der Waals surface area contributed by atoms with Crippen LogP contribution in [0.3, 0.4) is 0 Å². The first-order valence-electron chi connectivity index (χ1n) is 6.73. The van der Waals surface area contributed by atoms with Crippen LogP contribution in [-0.2, 0) is 4.79 Å². The molecule has 1 heterocycles. The maximum atomic E-state index is 13.5. The topological polar surface area (TPSA) is 72.9 Å². The van der Waals surface area contributed by atoms with Crippen molar-refractivity contribution in [2.75, 3.05) is 5.32 Å². The Kier molecular flexibility index (Phi) is 4.26. The third-order valence-electron chi connectivity index (χ3n) is 3.19. The van der Waals surface area contributed by atoms with Crippen molar-refractivity contribution in [2.24, 2.45) is 5.73 Å². The lowest BCUT2D eigenvalue weighted by Crippen LogP contribution is -2.30. The van der Waals surface area contributed by atoms with Gasteiger partial charge in [0, 0.05) is 11.7 Å². The Morgan fingerprint density at radius 2 is 2.10 bits per heavy atom. The van der Waals surface area contributed by atoms with Crippen LogP contribution in [0.4, 0.5) is 10.1 Å². The molecule has 6 heteroatoms. The maximum Gasteiger partial charge on any atom is 0.246 e. The molecular formula is C15H19FN4O. The summed E-state index contributed by atoms with van der Waals surface area (Å²) in [5.41, 5.74) is 7.41. The number of nitrogens with one attached hydrogen (secondary N) is 1. The third-order valence-corrected chi connectivity index (χ3v) is 3.19. The first kappa shape index (κ1) is 15.0. The summed E-state index contributed by atoms with van der Waals surface area (Å²) < 4.78 is 15.3. The molecule has 0 fully saturated rings. The molecule has 0 saturated heterocycles. The molecule has 112 valence electrons. The quantitative estimate of drug-likeness (QED) is 0.888. The molecule has 0 aliphatic carbocycles. The van der Waals surface area contributed by atoms with Gasteiger partial charge >= 0.3 is 0 Å². The van der Waals surface area contributed by atoms with E-state index in [4.69, 9.17) is 5.73 Å². The highest BCUT2D eigenvalue weighted by Crippen LogP contribution is 2.23. The lowest BCUT2D eigenvalue weighted by Gasteiger charge is -2.20. The minimum atomic E-state index is -0.768. The number of hydrogen-bond acceptors (Lipinski definition) is 3. The van der Waals surface area contributed by atoms with Crippen LogP contribution in [0.5, 0.6) is 0 Å². The number of aromatic nitrogens is 2. The fourth-order valence-corrected chi connectivity index (χ4v) is 2.25. The van der Waals surface area contributed by atoms with Crippen molar-refractivity contribution < 1.29 is 9.18 Å². The molecule has 0 bridgehead atoms. The molecule has 3 N–H and O–H groups in total. The maximum absolute atomic E-state index is 13.5. The van der Waals surface area contributed by atoms with Gasteiger partial charge in [0.15, 0.2) is 0 Å². The molecule has 2 aromatic rings. The van der Waals surface area contributed by atoms with E-state index >= 15 is 0 Å². The summed E-state index contributed by atoms with van der Waals surface area (Å²) in [5.74, 6) is -0.905. The van der Waals surface area contributed by atoms with Crippen molar-refractivity contribution in [1.82, 2.24) is 9.55 Å². The molecule has 1 unspecified atom stereocenters. The first-order chi connectivity index (χ1) is 9.88. The van der Waals surface area contributed by atoms with E-state index in [1.54, 1.807) is 25.5 Å². The second-order valence-corrected chi connectivity index (χ2v) is 5.32. The number of hydrogen-bond donors (Lipinski definition) is 2. The number of benzene rings is 1. The van der Waals surface area contributed by atoms with Crippen molar-refractivity contribution in [1.29, 1.82) is 0 Å². The van der Waals surface area contributed by atoms with Gasteiger partial charge in [0.2, 0.25) is 5.91 Å². The first-order valence-corrected chi connectivity index (χ1v) is 6.73. The minimum Gasteiger partial charge on any atom is -0.369 e. The van der Waals surface area contributed by atoms with Gasteiger partial charge in [0.25, 0.3) is 0 Å². The molecular weight excluding hydrogens is 271 g/mol. The molecule has 0 radical (unpaired) electrons. The van der Waals surface area contributed by atoms with Crippen LogP contribution >= 0.6 is 0 Å². The van der Waals surface area contributed by atoms with Gasteiger partial charge in [-0.1, -0.05) is 0 Å². The lowest BCUT2D eigenvalue weighted by molar-refractivity contribution is -0.119. The van der Waals surface area contributed by atoms with Crippen LogP contribution in [-0.4, -0.2) is 15.5 Å². The summed E-state index contributed by atoms with van der Waals surface area (Å²) in [6.45, 7) is 5.75. The van der Waals surface area contributed by atoms with Crippen molar-refractivity contribution in [3.63, 3.8) is 0 Å². The largest absolute Gasteiger partial charge is 0.369 e. The normalized spacial score (nSPS) is 12.4. The van der Waals surface area contributed by atoms with Crippen molar-refractivity contribution in [3.05, 3.63) is 47.8 Å². The van der Waals surface area contributed by atoms with E-state index < -0.39 is 11.9 Å². The van der Waals surface area contributed by atoms with Gasteiger partial charge in [0.05, 0.1) is 18.2 Å². The highest BCUT2D eigenvalue weighted by molar-refractivity contribution is 5.84. The van der Waals surface area contributed by atoms with Crippen LogP contribution < -0.4 is 11.1 Å². The van der Waals surface area contributed by atoms with Crippen molar-refractivity contribution in [2.45, 2.75) is 32.9 Å². The van der Waals surface area contributed by atoms with E-state index in [0.29, 0.717) is 11.4 Å². The number of anilines is 1. The molecule has 0 saturated carbocycles. The molecule has 5 nitrogen and oxygen atoms in total. The number of amides is 1. The van der Waals surface area contributed by atoms with E-state index in [9.17, 15) is 9.18 Å². The van der Waals surface area contributed by atoms with Gasteiger partial charge < -0.3 is 15.6 Å². The minimum absolute atomic E-state index is 0.139. The Morgan fingerprint density at radius 3 is 2.67 bits per heavy atom. The average molecular weight is 290 g/mol. The Hall–Kier alpha value is -2.37. The Labute approximate surface area is 123 Å². The molecule has 0 aliphatic rings. The predicted octanol–water partition coefficient (Wildman–Crippen LogP) is 2.55. The number of nitrogens with two attached hydrogens (primary N) is 1. The summed E-state index contributed by atoms with van der Waals surface area (Å²) in [6, 6.07) is 3.88. The molecule has 2 rings (SSSR count). The Morgan fingerprint density at radius 1 is 1.38 bits per heavy atom. The molecule has 21 heavy (non-hydrogen) atoms. The van der Waals surface area contributed by atoms with Crippen molar-refractivity contribution >= 4 is 11.6 Å². The molecule has 0 aliphatic heterocycles. The van der Waals surface area contributed by atoms with E-state index in [1.165, 1.54) is 12.1 Å². The SMILES string of the molecule is Cc1cc(F)cc(NC(C(N)=O)c2cncn2C(C)C)c1. The van der Waals surface area contributed by atoms with E-state index in [0.717, 1.165) is 5.56 Å². The second kappa shape index (κ2) is 5.95. The number of halogens is 1. The van der Waals surface area contributed by atoms with Crippen molar-refractivity contribution in [3.8, 4) is 0 Å². The number of nitrogens with zero attached hydrogens (tertiary/aromatic N) is 2.